The molecule has 0 saturated heterocycles. The first-order valence-corrected chi connectivity index (χ1v) is 7.05. The largest absolute Gasteiger partial charge is 0.358 e. The van der Waals surface area contributed by atoms with E-state index in [-0.39, 0.29) is 24.5 Å². The minimum Gasteiger partial charge on any atom is -0.358 e. The minimum absolute atomic E-state index is 0.0471. The molecule has 0 fully saturated rings. The molecule has 6 heteroatoms. The number of carbonyl (C=O) groups excluding carboxylic acids is 2. The van der Waals surface area contributed by atoms with Gasteiger partial charge in [0.15, 0.2) is 0 Å². The Morgan fingerprint density at radius 1 is 1.29 bits per heavy atom. The SMILES string of the molecule is CCN(CC(=O)NC)C(=O)Nc1cccc(C(C)NC)c1. The summed E-state index contributed by atoms with van der Waals surface area (Å²) in [5.74, 6) is -0.190. The quantitative estimate of drug-likeness (QED) is 0.745. The van der Waals surface area contributed by atoms with Crippen molar-refractivity contribution in [1.82, 2.24) is 15.5 Å². The van der Waals surface area contributed by atoms with E-state index in [0.29, 0.717) is 6.54 Å². The Bertz CT molecular complexity index is 490. The van der Waals surface area contributed by atoms with Crippen LogP contribution in [0.4, 0.5) is 10.5 Å². The van der Waals surface area contributed by atoms with Gasteiger partial charge in [-0.1, -0.05) is 12.1 Å². The number of nitrogens with one attached hydrogen (secondary N) is 3. The van der Waals surface area contributed by atoms with Crippen molar-refractivity contribution in [2.75, 3.05) is 32.5 Å². The van der Waals surface area contributed by atoms with Crippen molar-refractivity contribution in [1.29, 1.82) is 0 Å². The van der Waals surface area contributed by atoms with Crippen LogP contribution in [0.5, 0.6) is 0 Å². The molecule has 1 rings (SSSR count). The van der Waals surface area contributed by atoms with E-state index in [2.05, 4.69) is 16.0 Å². The summed E-state index contributed by atoms with van der Waals surface area (Å²) in [5, 5.41) is 8.49. The highest BCUT2D eigenvalue weighted by atomic mass is 16.2. The van der Waals surface area contributed by atoms with Gasteiger partial charge in [-0.25, -0.2) is 4.79 Å². The summed E-state index contributed by atoms with van der Waals surface area (Å²) in [7, 11) is 3.44. The third-order valence-corrected chi connectivity index (χ3v) is 3.35. The highest BCUT2D eigenvalue weighted by Crippen LogP contribution is 2.17. The van der Waals surface area contributed by atoms with Crippen molar-refractivity contribution in [2.45, 2.75) is 19.9 Å². The van der Waals surface area contributed by atoms with E-state index in [1.807, 2.05) is 45.2 Å². The van der Waals surface area contributed by atoms with Gasteiger partial charge < -0.3 is 20.9 Å². The maximum atomic E-state index is 12.2. The average molecular weight is 292 g/mol. The molecule has 0 aliphatic rings. The van der Waals surface area contributed by atoms with Crippen molar-refractivity contribution in [2.24, 2.45) is 0 Å². The number of urea groups is 1. The lowest BCUT2D eigenvalue weighted by Gasteiger charge is -2.21. The number of benzene rings is 1. The Balaban J connectivity index is 2.75. The Labute approximate surface area is 125 Å². The summed E-state index contributed by atoms with van der Waals surface area (Å²) in [5.41, 5.74) is 1.81. The van der Waals surface area contributed by atoms with Gasteiger partial charge in [0, 0.05) is 25.3 Å². The van der Waals surface area contributed by atoms with Crippen LogP contribution in [0.25, 0.3) is 0 Å². The fourth-order valence-corrected chi connectivity index (χ4v) is 1.83. The lowest BCUT2D eigenvalue weighted by atomic mass is 10.1. The Morgan fingerprint density at radius 2 is 2.00 bits per heavy atom. The summed E-state index contributed by atoms with van der Waals surface area (Å²) in [6.45, 7) is 4.39. The lowest BCUT2D eigenvalue weighted by Crippen LogP contribution is -2.41. The molecule has 116 valence electrons. The van der Waals surface area contributed by atoms with Crippen molar-refractivity contribution in [3.8, 4) is 0 Å². The summed E-state index contributed by atoms with van der Waals surface area (Å²) >= 11 is 0. The predicted molar refractivity (Wildman–Crippen MR) is 84.2 cm³/mol. The molecule has 1 aromatic rings. The van der Waals surface area contributed by atoms with E-state index in [4.69, 9.17) is 0 Å². The third kappa shape index (κ3) is 5.07. The molecule has 21 heavy (non-hydrogen) atoms. The molecule has 0 aromatic heterocycles. The first kappa shape index (κ1) is 17.0. The maximum absolute atomic E-state index is 12.2. The number of carbonyl (C=O) groups is 2. The second-order valence-corrected chi connectivity index (χ2v) is 4.75. The van der Waals surface area contributed by atoms with Crippen LogP contribution in [-0.4, -0.2) is 44.0 Å². The van der Waals surface area contributed by atoms with Gasteiger partial charge in [0.05, 0.1) is 0 Å². The molecule has 0 radical (unpaired) electrons. The topological polar surface area (TPSA) is 73.5 Å². The second-order valence-electron chi connectivity index (χ2n) is 4.75. The summed E-state index contributed by atoms with van der Waals surface area (Å²) in [6.07, 6.45) is 0. The number of amides is 3. The average Bonchev–Trinajstić information content (AvgIpc) is 2.51. The molecule has 0 heterocycles. The molecule has 1 atom stereocenters. The number of hydrogen-bond acceptors (Lipinski definition) is 3. The van der Waals surface area contributed by atoms with Crippen LogP contribution in [0, 0.1) is 0 Å². The van der Waals surface area contributed by atoms with Gasteiger partial charge in [0.25, 0.3) is 0 Å². The van der Waals surface area contributed by atoms with Gasteiger partial charge in [-0.2, -0.15) is 0 Å². The van der Waals surface area contributed by atoms with Crippen LogP contribution < -0.4 is 16.0 Å². The Morgan fingerprint density at radius 3 is 2.57 bits per heavy atom. The second kappa shape index (κ2) is 8.26. The summed E-state index contributed by atoms with van der Waals surface area (Å²) in [6, 6.07) is 7.57. The standard InChI is InChI=1S/C15H24N4O2/c1-5-19(10-14(20)17-4)15(21)18-13-8-6-7-12(9-13)11(2)16-3/h6-9,11,16H,5,10H2,1-4H3,(H,17,20)(H,18,21). The van der Waals surface area contributed by atoms with Gasteiger partial charge in [0.1, 0.15) is 6.54 Å². The number of likely N-dealkylation sites (N-methyl/N-ethyl adjacent to an activating group) is 2. The monoisotopic (exact) mass is 292 g/mol. The van der Waals surface area contributed by atoms with Crippen LogP contribution in [0.3, 0.4) is 0 Å². The molecule has 0 saturated carbocycles. The Hall–Kier alpha value is -2.08. The molecular weight excluding hydrogens is 268 g/mol. The van der Waals surface area contributed by atoms with Gasteiger partial charge in [0.2, 0.25) is 5.91 Å². The molecule has 1 unspecified atom stereocenters. The molecule has 0 bridgehead atoms. The smallest absolute Gasteiger partial charge is 0.322 e. The minimum atomic E-state index is -0.282. The van der Waals surface area contributed by atoms with Crippen molar-refractivity contribution in [3.05, 3.63) is 29.8 Å². The van der Waals surface area contributed by atoms with Crippen molar-refractivity contribution < 1.29 is 9.59 Å². The lowest BCUT2D eigenvalue weighted by molar-refractivity contribution is -0.121. The number of rotatable bonds is 6. The third-order valence-electron chi connectivity index (χ3n) is 3.35. The van der Waals surface area contributed by atoms with E-state index in [1.54, 1.807) is 7.05 Å². The molecule has 1 aromatic carbocycles. The van der Waals surface area contributed by atoms with Crippen molar-refractivity contribution >= 4 is 17.6 Å². The van der Waals surface area contributed by atoms with E-state index in [0.717, 1.165) is 11.3 Å². The van der Waals surface area contributed by atoms with E-state index < -0.39 is 0 Å². The van der Waals surface area contributed by atoms with Gasteiger partial charge >= 0.3 is 6.03 Å². The molecular formula is C15H24N4O2. The number of anilines is 1. The number of nitrogens with zero attached hydrogens (tertiary/aromatic N) is 1. The van der Waals surface area contributed by atoms with Crippen LogP contribution >= 0.6 is 0 Å². The van der Waals surface area contributed by atoms with Crippen LogP contribution in [-0.2, 0) is 4.79 Å². The Kier molecular flexibility index (Phi) is 6.68. The fraction of sp³-hybridized carbons (Fsp3) is 0.467. The van der Waals surface area contributed by atoms with Gasteiger partial charge in [-0.15, -0.1) is 0 Å². The van der Waals surface area contributed by atoms with Gasteiger partial charge in [-0.3, -0.25) is 4.79 Å². The van der Waals surface area contributed by atoms with E-state index in [1.165, 1.54) is 4.90 Å². The zero-order chi connectivity index (χ0) is 15.8. The summed E-state index contributed by atoms with van der Waals surface area (Å²) < 4.78 is 0. The highest BCUT2D eigenvalue weighted by molar-refractivity contribution is 5.92. The zero-order valence-corrected chi connectivity index (χ0v) is 13.1. The maximum Gasteiger partial charge on any atom is 0.322 e. The molecule has 0 aliphatic heterocycles. The van der Waals surface area contributed by atoms with Crippen LogP contribution in [0.2, 0.25) is 0 Å². The van der Waals surface area contributed by atoms with Crippen molar-refractivity contribution in [3.63, 3.8) is 0 Å². The van der Waals surface area contributed by atoms with Crippen LogP contribution in [0.15, 0.2) is 24.3 Å². The molecule has 0 spiro atoms. The van der Waals surface area contributed by atoms with Crippen LogP contribution in [0.1, 0.15) is 25.5 Å². The number of hydrogen-bond donors (Lipinski definition) is 3. The molecule has 3 N–H and O–H groups in total. The molecule has 3 amide bonds. The normalized spacial score (nSPS) is 11.6. The first-order valence-electron chi connectivity index (χ1n) is 7.05. The summed E-state index contributed by atoms with van der Waals surface area (Å²) in [4.78, 5) is 25.0. The highest BCUT2D eigenvalue weighted by Gasteiger charge is 2.15. The zero-order valence-electron chi connectivity index (χ0n) is 13.1. The van der Waals surface area contributed by atoms with E-state index >= 15 is 0 Å². The molecule has 0 aliphatic carbocycles. The molecule has 6 nitrogen and oxygen atoms in total. The predicted octanol–water partition coefficient (Wildman–Crippen LogP) is 1.57. The van der Waals surface area contributed by atoms with E-state index in [9.17, 15) is 9.59 Å². The fourth-order valence-electron chi connectivity index (χ4n) is 1.83. The van der Waals surface area contributed by atoms with Gasteiger partial charge in [-0.05, 0) is 38.6 Å². The first-order chi connectivity index (χ1) is 10.0.